The van der Waals surface area contributed by atoms with Gasteiger partial charge in [-0.25, -0.2) is 4.98 Å². The number of pyridine rings is 1. The summed E-state index contributed by atoms with van der Waals surface area (Å²) in [7, 11) is 0. The quantitative estimate of drug-likeness (QED) is 0.915. The minimum absolute atomic E-state index is 0.205. The van der Waals surface area contributed by atoms with Crippen molar-refractivity contribution in [3.63, 3.8) is 0 Å². The van der Waals surface area contributed by atoms with Crippen molar-refractivity contribution in [1.82, 2.24) is 9.97 Å². The number of alkyl halides is 3. The van der Waals surface area contributed by atoms with E-state index in [4.69, 9.17) is 0 Å². The van der Waals surface area contributed by atoms with Crippen molar-refractivity contribution in [2.45, 2.75) is 19.2 Å². The van der Waals surface area contributed by atoms with E-state index in [0.717, 1.165) is 18.5 Å². The van der Waals surface area contributed by atoms with E-state index in [9.17, 15) is 18.3 Å². The van der Waals surface area contributed by atoms with Gasteiger partial charge in [0.25, 0.3) is 0 Å². The van der Waals surface area contributed by atoms with E-state index in [1.807, 2.05) is 0 Å². The number of nitrogens with zero attached hydrogens (tertiary/aromatic N) is 2. The highest BCUT2D eigenvalue weighted by Crippen LogP contribution is 2.35. The van der Waals surface area contributed by atoms with Crippen molar-refractivity contribution >= 4 is 11.3 Å². The highest BCUT2D eigenvalue weighted by molar-refractivity contribution is 7.09. The molecule has 0 radical (unpaired) electrons. The highest BCUT2D eigenvalue weighted by Gasteiger charge is 2.35. The second-order valence-corrected chi connectivity index (χ2v) is 4.72. The van der Waals surface area contributed by atoms with Crippen LogP contribution in [0.2, 0.25) is 0 Å². The van der Waals surface area contributed by atoms with Gasteiger partial charge in [0.05, 0.1) is 16.3 Å². The van der Waals surface area contributed by atoms with Gasteiger partial charge in [-0.15, -0.1) is 11.3 Å². The van der Waals surface area contributed by atoms with Gasteiger partial charge < -0.3 is 5.11 Å². The number of aliphatic hydroxyl groups is 1. The van der Waals surface area contributed by atoms with Crippen LogP contribution in [-0.4, -0.2) is 15.1 Å². The summed E-state index contributed by atoms with van der Waals surface area (Å²) in [6.45, 7) is 1.72. The van der Waals surface area contributed by atoms with Crippen molar-refractivity contribution in [1.29, 1.82) is 0 Å². The zero-order valence-electron chi connectivity index (χ0n) is 9.27. The topological polar surface area (TPSA) is 46.0 Å². The maximum Gasteiger partial charge on any atom is 0.416 e. The Labute approximate surface area is 105 Å². The zero-order valence-corrected chi connectivity index (χ0v) is 10.1. The van der Waals surface area contributed by atoms with E-state index in [1.54, 1.807) is 6.92 Å². The van der Waals surface area contributed by atoms with Crippen LogP contribution in [0, 0.1) is 6.92 Å². The predicted molar refractivity (Wildman–Crippen MR) is 60.2 cm³/mol. The maximum atomic E-state index is 12.8. The fourth-order valence-corrected chi connectivity index (χ4v) is 2.18. The van der Waals surface area contributed by atoms with Crippen molar-refractivity contribution in [2.24, 2.45) is 0 Å². The van der Waals surface area contributed by atoms with Crippen molar-refractivity contribution in [3.05, 3.63) is 45.7 Å². The van der Waals surface area contributed by atoms with Crippen LogP contribution in [-0.2, 0) is 6.18 Å². The van der Waals surface area contributed by atoms with E-state index in [0.29, 0.717) is 5.01 Å². The molecule has 1 N–H and O–H groups in total. The summed E-state index contributed by atoms with van der Waals surface area (Å²) in [5.74, 6) is 0. The van der Waals surface area contributed by atoms with E-state index < -0.39 is 17.8 Å². The molecular formula is C11H9F3N2OS. The Morgan fingerprint density at radius 3 is 2.67 bits per heavy atom. The Hall–Kier alpha value is -1.47. The molecule has 3 nitrogen and oxygen atoms in total. The van der Waals surface area contributed by atoms with Crippen molar-refractivity contribution in [2.75, 3.05) is 0 Å². The molecule has 0 aliphatic rings. The van der Waals surface area contributed by atoms with Crippen LogP contribution in [0.15, 0.2) is 23.8 Å². The normalized spacial score (nSPS) is 13.6. The minimum Gasteiger partial charge on any atom is -0.382 e. The molecule has 2 aromatic rings. The minimum atomic E-state index is -4.52. The number of thiazole rings is 1. The van der Waals surface area contributed by atoms with Crippen molar-refractivity contribution < 1.29 is 18.3 Å². The molecule has 1 atom stereocenters. The molecule has 2 rings (SSSR count). The molecule has 0 amide bonds. The molecule has 2 heterocycles. The Morgan fingerprint density at radius 2 is 2.11 bits per heavy atom. The first kappa shape index (κ1) is 13.0. The largest absolute Gasteiger partial charge is 0.416 e. The average Bonchev–Trinajstić information content (AvgIpc) is 2.74. The molecule has 2 aromatic heterocycles. The second-order valence-electron chi connectivity index (χ2n) is 3.65. The van der Waals surface area contributed by atoms with E-state index >= 15 is 0 Å². The van der Waals surface area contributed by atoms with Crippen LogP contribution in [0.3, 0.4) is 0 Å². The molecule has 0 saturated carbocycles. The fourth-order valence-electron chi connectivity index (χ4n) is 1.55. The summed E-state index contributed by atoms with van der Waals surface area (Å²) >= 11 is 1.27. The summed E-state index contributed by atoms with van der Waals surface area (Å²) < 4.78 is 38.3. The maximum absolute atomic E-state index is 12.8. The first-order chi connectivity index (χ1) is 8.39. The van der Waals surface area contributed by atoms with Gasteiger partial charge in [-0.2, -0.15) is 13.2 Å². The fraction of sp³-hybridized carbons (Fsp3) is 0.273. The summed E-state index contributed by atoms with van der Waals surface area (Å²) in [6, 6.07) is 0.845. The van der Waals surface area contributed by atoms with Crippen LogP contribution in [0.5, 0.6) is 0 Å². The lowest BCUT2D eigenvalue weighted by Crippen LogP contribution is -2.13. The first-order valence-electron chi connectivity index (χ1n) is 5.01. The van der Waals surface area contributed by atoms with Crippen LogP contribution < -0.4 is 0 Å². The molecule has 96 valence electrons. The average molecular weight is 274 g/mol. The van der Waals surface area contributed by atoms with Crippen LogP contribution in [0.4, 0.5) is 13.2 Å². The Balaban J connectivity index is 2.45. The molecule has 0 aliphatic carbocycles. The van der Waals surface area contributed by atoms with Gasteiger partial charge in [0, 0.05) is 23.3 Å². The number of aromatic nitrogens is 2. The lowest BCUT2D eigenvalue weighted by Gasteiger charge is -2.15. The summed E-state index contributed by atoms with van der Waals surface area (Å²) in [5.41, 5.74) is -0.970. The highest BCUT2D eigenvalue weighted by atomic mass is 32.1. The lowest BCUT2D eigenvalue weighted by atomic mass is 10.0. The lowest BCUT2D eigenvalue weighted by molar-refractivity contribution is -0.139. The molecule has 1 unspecified atom stereocenters. The van der Waals surface area contributed by atoms with E-state index in [2.05, 4.69) is 9.97 Å². The molecule has 0 spiro atoms. The van der Waals surface area contributed by atoms with Crippen LogP contribution in [0.1, 0.15) is 27.9 Å². The number of hydrogen-bond acceptors (Lipinski definition) is 4. The number of halogens is 3. The molecule has 7 heteroatoms. The number of hydrogen-bond donors (Lipinski definition) is 1. The molecule has 0 bridgehead atoms. The van der Waals surface area contributed by atoms with Gasteiger partial charge in [-0.3, -0.25) is 4.98 Å². The smallest absolute Gasteiger partial charge is 0.382 e. The van der Waals surface area contributed by atoms with Crippen LogP contribution >= 0.6 is 11.3 Å². The van der Waals surface area contributed by atoms with E-state index in [1.165, 1.54) is 16.7 Å². The molecule has 0 fully saturated rings. The Kier molecular flexibility index (Phi) is 3.36. The third-order valence-corrected chi connectivity index (χ3v) is 3.16. The zero-order chi connectivity index (χ0) is 13.3. The van der Waals surface area contributed by atoms with Gasteiger partial charge in [0.1, 0.15) is 6.10 Å². The van der Waals surface area contributed by atoms with Gasteiger partial charge in [0.2, 0.25) is 0 Å². The third kappa shape index (κ3) is 2.51. The molecule has 0 saturated heterocycles. The van der Waals surface area contributed by atoms with Crippen LogP contribution in [0.25, 0.3) is 0 Å². The summed E-state index contributed by atoms with van der Waals surface area (Å²) in [6.07, 6.45) is -3.88. The van der Waals surface area contributed by atoms with Crippen molar-refractivity contribution in [3.8, 4) is 0 Å². The van der Waals surface area contributed by atoms with Gasteiger partial charge in [0.15, 0.2) is 0 Å². The monoisotopic (exact) mass is 274 g/mol. The molecule has 18 heavy (non-hydrogen) atoms. The Bertz CT molecular complexity index is 553. The number of aryl methyl sites for hydroxylation is 1. The number of aliphatic hydroxyl groups excluding tert-OH is 1. The molecular weight excluding hydrogens is 265 g/mol. The van der Waals surface area contributed by atoms with Gasteiger partial charge in [-0.1, -0.05) is 0 Å². The second kappa shape index (κ2) is 4.66. The molecule has 0 aromatic carbocycles. The van der Waals surface area contributed by atoms with Gasteiger partial charge >= 0.3 is 6.18 Å². The number of rotatable bonds is 2. The predicted octanol–water partition coefficient (Wildman–Crippen LogP) is 2.95. The Morgan fingerprint density at radius 1 is 1.39 bits per heavy atom. The SMILES string of the molecule is Cc1nc(C(O)c2cnccc2C(F)(F)F)cs1. The first-order valence-corrected chi connectivity index (χ1v) is 5.88. The molecule has 0 aliphatic heterocycles. The summed E-state index contributed by atoms with van der Waals surface area (Å²) in [4.78, 5) is 7.61. The third-order valence-electron chi connectivity index (χ3n) is 2.37. The van der Waals surface area contributed by atoms with Gasteiger partial charge in [-0.05, 0) is 13.0 Å². The summed E-state index contributed by atoms with van der Waals surface area (Å²) in [5, 5.41) is 12.2. The van der Waals surface area contributed by atoms with E-state index in [-0.39, 0.29) is 11.3 Å². The standard InChI is InChI=1S/C11H9F3N2OS/c1-6-16-9(5-18-6)10(17)7-4-15-3-2-8(7)11(12,13)14/h2-5,10,17H,1H3.